The molecule has 18 heavy (non-hydrogen) atoms. The number of nitrogens with one attached hydrogen (secondary N) is 1. The van der Waals surface area contributed by atoms with Crippen LogP contribution in [0.5, 0.6) is 0 Å². The molecule has 0 unspecified atom stereocenters. The molecule has 0 aliphatic heterocycles. The first kappa shape index (κ1) is 17.1. The van der Waals surface area contributed by atoms with Crippen molar-refractivity contribution in [3.8, 4) is 0 Å². The highest BCUT2D eigenvalue weighted by molar-refractivity contribution is 6.36. The number of aliphatic hydroxyl groups excluding tert-OH is 2. The van der Waals surface area contributed by atoms with E-state index in [4.69, 9.17) is 20.7 Å². The van der Waals surface area contributed by atoms with E-state index < -0.39 is 11.4 Å². The van der Waals surface area contributed by atoms with E-state index in [2.05, 4.69) is 6.92 Å². The Kier molecular flexibility index (Phi) is 8.58. The van der Waals surface area contributed by atoms with Gasteiger partial charge in [0.05, 0.1) is 0 Å². The van der Waals surface area contributed by atoms with Gasteiger partial charge in [-0.15, -0.1) is 0 Å². The quantitative estimate of drug-likeness (QED) is 0.336. The van der Waals surface area contributed by atoms with Crippen LogP contribution < -0.4 is 0 Å². The van der Waals surface area contributed by atoms with Crippen molar-refractivity contribution in [3.05, 3.63) is 0 Å². The van der Waals surface area contributed by atoms with Gasteiger partial charge < -0.3 is 15.3 Å². The zero-order chi connectivity index (χ0) is 14.0. The van der Waals surface area contributed by atoms with Gasteiger partial charge in [0, 0.05) is 18.6 Å². The second-order valence-electron chi connectivity index (χ2n) is 4.72. The molecule has 106 valence electrons. The Bertz CT molecular complexity index is 260. The summed E-state index contributed by atoms with van der Waals surface area (Å²) in [5.41, 5.74) is -1.27. The second kappa shape index (κ2) is 9.05. The highest BCUT2D eigenvalue weighted by Crippen LogP contribution is 2.34. The Morgan fingerprint density at radius 2 is 1.61 bits per heavy atom. The predicted octanol–water partition coefficient (Wildman–Crippen LogP) is 1.81. The lowest BCUT2D eigenvalue weighted by Gasteiger charge is -2.31. The Morgan fingerprint density at radius 3 is 2.00 bits per heavy atom. The Hall–Kier alpha value is -0.940. The maximum Gasteiger partial charge on any atom is 0.350 e. The third kappa shape index (κ3) is 5.14. The topological polar surface area (TPSA) is 102 Å². The minimum absolute atomic E-state index is 0.163. The molecule has 0 radical (unpaired) electrons. The van der Waals surface area contributed by atoms with E-state index in [1.165, 1.54) is 0 Å². The number of unbranched alkanes of at least 4 members (excludes halogenated alkanes) is 3. The third-order valence-electron chi connectivity index (χ3n) is 3.43. The summed E-state index contributed by atoms with van der Waals surface area (Å²) < 4.78 is 0. The number of rotatable bonds is 11. The molecule has 0 saturated heterocycles. The molecule has 0 aliphatic carbocycles. The van der Waals surface area contributed by atoms with E-state index in [0.29, 0.717) is 6.42 Å². The highest BCUT2D eigenvalue weighted by Gasteiger charge is 2.37. The molecule has 0 rings (SSSR count). The fraction of sp³-hybridized carbons (Fsp3) is 0.846. The Balaban J connectivity index is 4.73. The van der Waals surface area contributed by atoms with E-state index in [1.807, 2.05) is 0 Å². The van der Waals surface area contributed by atoms with Gasteiger partial charge in [0.2, 0.25) is 0 Å². The molecule has 0 atom stereocenters. The molecule has 0 aromatic carbocycles. The average molecular weight is 259 g/mol. The molecular weight excluding hydrogens is 234 g/mol. The molecule has 0 fully saturated rings. The molecule has 0 bridgehead atoms. The lowest BCUT2D eigenvalue weighted by Crippen LogP contribution is -2.38. The van der Waals surface area contributed by atoms with E-state index in [9.17, 15) is 4.79 Å². The number of hydrogen-bond acceptors (Lipinski definition) is 4. The van der Waals surface area contributed by atoms with E-state index in [1.54, 1.807) is 0 Å². The fourth-order valence-corrected chi connectivity index (χ4v) is 2.30. The summed E-state index contributed by atoms with van der Waals surface area (Å²) in [7, 11) is 0. The lowest BCUT2D eigenvalue weighted by atomic mass is 9.73. The van der Waals surface area contributed by atoms with Crippen molar-refractivity contribution in [2.45, 2.75) is 51.9 Å². The minimum Gasteiger partial charge on any atom is -0.477 e. The molecule has 0 aliphatic rings. The molecule has 0 saturated carbocycles. The zero-order valence-electron chi connectivity index (χ0n) is 11.1. The van der Waals surface area contributed by atoms with Crippen molar-refractivity contribution in [1.29, 1.82) is 5.41 Å². The van der Waals surface area contributed by atoms with E-state index in [-0.39, 0.29) is 31.8 Å². The standard InChI is InChI=1S/C13H25NO4/c1-2-3-4-5-6-13(7-9-15,8-10-16)11(14)12(17)18/h14-16H,2-10H2,1H3,(H,17,18). The normalized spacial score (nSPS) is 11.5. The summed E-state index contributed by atoms with van der Waals surface area (Å²) in [4.78, 5) is 11.0. The summed E-state index contributed by atoms with van der Waals surface area (Å²) in [6.07, 6.45) is 4.97. The first-order valence-corrected chi connectivity index (χ1v) is 6.58. The Labute approximate surface area is 108 Å². The number of carbonyl (C=O) groups is 1. The van der Waals surface area contributed by atoms with Crippen LogP contribution in [0.4, 0.5) is 0 Å². The fourth-order valence-electron chi connectivity index (χ4n) is 2.30. The first-order valence-electron chi connectivity index (χ1n) is 6.58. The van der Waals surface area contributed by atoms with Crippen LogP contribution >= 0.6 is 0 Å². The van der Waals surface area contributed by atoms with Crippen molar-refractivity contribution in [2.75, 3.05) is 13.2 Å². The van der Waals surface area contributed by atoms with Gasteiger partial charge in [0.1, 0.15) is 5.71 Å². The van der Waals surface area contributed by atoms with Crippen LogP contribution in [0, 0.1) is 10.8 Å². The second-order valence-corrected chi connectivity index (χ2v) is 4.72. The van der Waals surface area contributed by atoms with Crippen LogP contribution in [-0.4, -0.2) is 40.2 Å². The Morgan fingerprint density at radius 1 is 1.06 bits per heavy atom. The van der Waals surface area contributed by atoms with Crippen LogP contribution in [-0.2, 0) is 4.79 Å². The predicted molar refractivity (Wildman–Crippen MR) is 70.0 cm³/mol. The van der Waals surface area contributed by atoms with E-state index in [0.717, 1.165) is 25.7 Å². The van der Waals surface area contributed by atoms with Crippen LogP contribution in [0.3, 0.4) is 0 Å². The number of aliphatic carboxylic acids is 1. The summed E-state index contributed by atoms with van der Waals surface area (Å²) in [6.45, 7) is 1.76. The summed E-state index contributed by atoms with van der Waals surface area (Å²) >= 11 is 0. The summed E-state index contributed by atoms with van der Waals surface area (Å²) in [5, 5.41) is 34.9. The number of hydrogen-bond donors (Lipinski definition) is 4. The van der Waals surface area contributed by atoms with Crippen LogP contribution in [0.15, 0.2) is 0 Å². The minimum atomic E-state index is -1.26. The molecule has 4 N–H and O–H groups in total. The van der Waals surface area contributed by atoms with Crippen LogP contribution in [0.1, 0.15) is 51.9 Å². The molecule has 0 aromatic rings. The van der Waals surface area contributed by atoms with Gasteiger partial charge in [-0.05, 0) is 19.3 Å². The van der Waals surface area contributed by atoms with Crippen LogP contribution in [0.25, 0.3) is 0 Å². The third-order valence-corrected chi connectivity index (χ3v) is 3.43. The van der Waals surface area contributed by atoms with E-state index >= 15 is 0 Å². The monoisotopic (exact) mass is 259 g/mol. The molecule has 0 heterocycles. The highest BCUT2D eigenvalue weighted by atomic mass is 16.4. The average Bonchev–Trinajstić information content (AvgIpc) is 2.34. The first-order chi connectivity index (χ1) is 8.54. The molecule has 0 spiro atoms. The van der Waals surface area contributed by atoms with Gasteiger partial charge >= 0.3 is 5.97 Å². The molecule has 5 nitrogen and oxygen atoms in total. The number of aliphatic hydroxyl groups is 2. The maximum atomic E-state index is 11.0. The van der Waals surface area contributed by atoms with Gasteiger partial charge in [-0.1, -0.05) is 32.6 Å². The van der Waals surface area contributed by atoms with Gasteiger partial charge in [-0.2, -0.15) is 0 Å². The van der Waals surface area contributed by atoms with Gasteiger partial charge in [-0.25, -0.2) is 4.79 Å². The summed E-state index contributed by atoms with van der Waals surface area (Å²) in [5.74, 6) is -1.26. The molecule has 5 heteroatoms. The lowest BCUT2D eigenvalue weighted by molar-refractivity contribution is -0.130. The summed E-state index contributed by atoms with van der Waals surface area (Å²) in [6, 6.07) is 0. The van der Waals surface area contributed by atoms with Crippen molar-refractivity contribution in [3.63, 3.8) is 0 Å². The zero-order valence-corrected chi connectivity index (χ0v) is 11.1. The smallest absolute Gasteiger partial charge is 0.350 e. The number of carboxylic acids is 1. The molecule has 0 amide bonds. The van der Waals surface area contributed by atoms with Crippen molar-refractivity contribution >= 4 is 11.7 Å². The van der Waals surface area contributed by atoms with Crippen molar-refractivity contribution < 1.29 is 20.1 Å². The largest absolute Gasteiger partial charge is 0.477 e. The van der Waals surface area contributed by atoms with Gasteiger partial charge in [-0.3, -0.25) is 5.41 Å². The van der Waals surface area contributed by atoms with Gasteiger partial charge in [0.25, 0.3) is 0 Å². The number of carboxylic acid groups (broad SMARTS) is 1. The van der Waals surface area contributed by atoms with Gasteiger partial charge in [0.15, 0.2) is 0 Å². The van der Waals surface area contributed by atoms with Crippen molar-refractivity contribution in [2.24, 2.45) is 5.41 Å². The SMILES string of the molecule is CCCCCCC(CCO)(CCO)C(=N)C(=O)O. The molecule has 0 aromatic heterocycles. The van der Waals surface area contributed by atoms with Crippen LogP contribution in [0.2, 0.25) is 0 Å². The van der Waals surface area contributed by atoms with Crippen molar-refractivity contribution in [1.82, 2.24) is 0 Å². The molecular formula is C13H25NO4. The maximum absolute atomic E-state index is 11.0.